The van der Waals surface area contributed by atoms with Gasteiger partial charge in [0.1, 0.15) is 0 Å². The summed E-state index contributed by atoms with van der Waals surface area (Å²) >= 11 is 0. The molecule has 0 heterocycles. The van der Waals surface area contributed by atoms with E-state index < -0.39 is 43.0 Å². The Morgan fingerprint density at radius 1 is 0.500 bits per heavy atom. The molecule has 0 aromatic rings. The number of hydrogen-bond acceptors (Lipinski definition) is 4. The minimum atomic E-state index is -2.18. The molecule has 0 radical (unpaired) electrons. The minimum Gasteiger partial charge on any atom is -0.437 e. The largest absolute Gasteiger partial charge is 0.454 e. The lowest BCUT2D eigenvalue weighted by atomic mass is 11.8. The zero-order chi connectivity index (χ0) is 16.4. The molecule has 20 heavy (non-hydrogen) atoms. The fourth-order valence-electron chi connectivity index (χ4n) is 1.64. The van der Waals surface area contributed by atoms with Crippen molar-refractivity contribution in [3.63, 3.8) is 0 Å². The molecule has 122 valence electrons. The van der Waals surface area contributed by atoms with Crippen LogP contribution in [0.15, 0.2) is 0 Å². The zero-order valence-electron chi connectivity index (χ0n) is 15.2. The molecule has 9 heteroatoms. The van der Waals surface area contributed by atoms with Crippen molar-refractivity contribution < 1.29 is 16.5 Å². The van der Waals surface area contributed by atoms with Gasteiger partial charge in [-0.05, 0) is 72.0 Å². The first-order valence-electron chi connectivity index (χ1n) is 7.23. The van der Waals surface area contributed by atoms with Crippen LogP contribution in [-0.2, 0) is 16.5 Å². The van der Waals surface area contributed by atoms with Crippen molar-refractivity contribution in [1.82, 2.24) is 0 Å². The van der Waals surface area contributed by atoms with Crippen LogP contribution in [0.4, 0.5) is 0 Å². The fraction of sp³-hybridized carbons (Fsp3) is 1.00. The summed E-state index contributed by atoms with van der Waals surface area (Å²) in [5, 5.41) is 0. The molecular formula is C11H34O4Si5. The van der Waals surface area contributed by atoms with E-state index >= 15 is 0 Å². The van der Waals surface area contributed by atoms with Crippen LogP contribution in [0.25, 0.3) is 0 Å². The lowest BCUT2D eigenvalue weighted by molar-refractivity contribution is 0.267. The van der Waals surface area contributed by atoms with E-state index in [1.165, 1.54) is 0 Å². The van der Waals surface area contributed by atoms with Crippen molar-refractivity contribution in [1.29, 1.82) is 0 Å². The van der Waals surface area contributed by atoms with Gasteiger partial charge in [0.2, 0.25) is 0 Å². The van der Waals surface area contributed by atoms with Gasteiger partial charge in [0.25, 0.3) is 0 Å². The van der Waals surface area contributed by atoms with Crippen LogP contribution >= 0.6 is 0 Å². The van der Waals surface area contributed by atoms with E-state index in [2.05, 4.69) is 72.0 Å². The van der Waals surface area contributed by atoms with Crippen LogP contribution < -0.4 is 0 Å². The third kappa shape index (κ3) is 12.6. The summed E-state index contributed by atoms with van der Waals surface area (Å²) in [5.74, 6) is 0. The van der Waals surface area contributed by atoms with Crippen LogP contribution in [0.5, 0.6) is 0 Å². The van der Waals surface area contributed by atoms with Gasteiger partial charge < -0.3 is 16.5 Å². The highest BCUT2D eigenvalue weighted by Crippen LogP contribution is 2.20. The Hall–Kier alpha value is 0.924. The van der Waals surface area contributed by atoms with Crippen molar-refractivity contribution in [3.05, 3.63) is 0 Å². The molecule has 0 spiro atoms. The first-order valence-corrected chi connectivity index (χ1v) is 21.7. The van der Waals surface area contributed by atoms with E-state index in [9.17, 15) is 0 Å². The minimum absolute atomic E-state index is 1.61. The van der Waals surface area contributed by atoms with Crippen LogP contribution in [0.1, 0.15) is 0 Å². The topological polar surface area (TPSA) is 36.9 Å². The van der Waals surface area contributed by atoms with Gasteiger partial charge in [-0.25, -0.2) is 0 Å². The summed E-state index contributed by atoms with van der Waals surface area (Å²) < 4.78 is 24.9. The zero-order valence-corrected chi connectivity index (χ0v) is 20.4. The third-order valence-electron chi connectivity index (χ3n) is 1.83. The smallest absolute Gasteiger partial charge is 0.437 e. The molecule has 0 aliphatic rings. The predicted octanol–water partition coefficient (Wildman–Crippen LogP) is 3.98. The number of hydrogen-bond donors (Lipinski definition) is 0. The third-order valence-corrected chi connectivity index (χ3v) is 16.5. The van der Waals surface area contributed by atoms with Gasteiger partial charge in [-0.3, -0.25) is 0 Å². The van der Waals surface area contributed by atoms with Gasteiger partial charge in [0, 0.05) is 0 Å². The van der Waals surface area contributed by atoms with Gasteiger partial charge in [-0.15, -0.1) is 0 Å². The Balaban J connectivity index is 4.87. The molecule has 0 saturated heterocycles. The Morgan fingerprint density at radius 2 is 0.850 bits per heavy atom. The van der Waals surface area contributed by atoms with E-state index in [1.54, 1.807) is 0 Å². The summed E-state index contributed by atoms with van der Waals surface area (Å²) in [5.41, 5.74) is 0. The Kier molecular flexibility index (Phi) is 7.33. The van der Waals surface area contributed by atoms with Crippen LogP contribution in [0.2, 0.25) is 72.0 Å². The average Bonchev–Trinajstić information content (AvgIpc) is 1.86. The predicted molar refractivity (Wildman–Crippen MR) is 99.0 cm³/mol. The van der Waals surface area contributed by atoms with Gasteiger partial charge in [0.05, 0.1) is 0 Å². The Labute approximate surface area is 131 Å². The Bertz CT molecular complexity index is 287. The molecule has 0 aromatic heterocycles. The first kappa shape index (κ1) is 20.9. The summed E-state index contributed by atoms with van der Waals surface area (Å²) in [4.78, 5) is 0. The van der Waals surface area contributed by atoms with Crippen molar-refractivity contribution in [2.24, 2.45) is 0 Å². The first-order chi connectivity index (χ1) is 8.49. The summed E-state index contributed by atoms with van der Waals surface area (Å²) in [6.07, 6.45) is 0. The normalized spacial score (nSPS) is 15.0. The molecule has 0 aromatic carbocycles. The molecule has 0 aliphatic carbocycles. The average molecular weight is 371 g/mol. The molecule has 0 aliphatic heterocycles. The van der Waals surface area contributed by atoms with Crippen LogP contribution in [0.3, 0.4) is 0 Å². The van der Waals surface area contributed by atoms with Crippen LogP contribution in [-0.4, -0.2) is 43.0 Å². The van der Waals surface area contributed by atoms with Crippen LogP contribution in [0, 0.1) is 0 Å². The highest BCUT2D eigenvalue weighted by molar-refractivity contribution is 6.86. The molecule has 4 nitrogen and oxygen atoms in total. The summed E-state index contributed by atoms with van der Waals surface area (Å²) in [7, 11) is -9.24. The summed E-state index contributed by atoms with van der Waals surface area (Å²) in [6.45, 7) is 23.9. The van der Waals surface area contributed by atoms with E-state index in [4.69, 9.17) is 16.5 Å². The molecule has 0 N–H and O–H groups in total. The molecule has 0 atom stereocenters. The molecule has 0 saturated carbocycles. The van der Waals surface area contributed by atoms with E-state index in [0.717, 1.165) is 0 Å². The highest BCUT2D eigenvalue weighted by Gasteiger charge is 2.39. The van der Waals surface area contributed by atoms with E-state index in [0.29, 0.717) is 0 Å². The van der Waals surface area contributed by atoms with Gasteiger partial charge in [-0.2, -0.15) is 0 Å². The second kappa shape index (κ2) is 7.00. The SMILES string of the molecule is C[Si](C)(C)O[SiH](O[Si](C)(C)C)O[Si](C)(C)O[Si](C)(C)C. The molecule has 0 fully saturated rings. The maximum atomic E-state index is 6.28. The van der Waals surface area contributed by atoms with E-state index in [-0.39, 0.29) is 0 Å². The second-order valence-electron chi connectivity index (χ2n) is 8.48. The second-order valence-corrected chi connectivity index (χ2v) is 28.2. The molecular weight excluding hydrogens is 337 g/mol. The van der Waals surface area contributed by atoms with Gasteiger partial charge >= 0.3 is 18.1 Å². The lowest BCUT2D eigenvalue weighted by Crippen LogP contribution is -2.53. The van der Waals surface area contributed by atoms with Crippen molar-refractivity contribution >= 4 is 43.0 Å². The van der Waals surface area contributed by atoms with Crippen molar-refractivity contribution in [3.8, 4) is 0 Å². The summed E-state index contributed by atoms with van der Waals surface area (Å²) in [6, 6.07) is 0. The molecule has 0 unspecified atom stereocenters. The molecule has 0 bridgehead atoms. The standard InChI is InChI=1S/C11H34O4Si5/c1-17(2,3)12-16(13-18(4,5)6)14-20(10,11)15-19(7,8)9/h16H,1-11H3. The van der Waals surface area contributed by atoms with Crippen molar-refractivity contribution in [2.75, 3.05) is 0 Å². The monoisotopic (exact) mass is 370 g/mol. The highest BCUT2D eigenvalue weighted by atomic mass is 28.5. The molecule has 0 amide bonds. The maximum absolute atomic E-state index is 6.28. The quantitative estimate of drug-likeness (QED) is 0.606. The number of rotatable bonds is 8. The maximum Gasteiger partial charge on any atom is 0.454 e. The lowest BCUT2D eigenvalue weighted by Gasteiger charge is -2.37. The Morgan fingerprint density at radius 3 is 1.10 bits per heavy atom. The van der Waals surface area contributed by atoms with E-state index in [1.807, 2.05) is 0 Å². The van der Waals surface area contributed by atoms with Gasteiger partial charge in [0.15, 0.2) is 25.0 Å². The fourth-order valence-corrected chi connectivity index (χ4v) is 16.5. The van der Waals surface area contributed by atoms with Crippen molar-refractivity contribution in [2.45, 2.75) is 72.0 Å². The molecule has 0 rings (SSSR count). The van der Waals surface area contributed by atoms with Gasteiger partial charge in [-0.1, -0.05) is 0 Å².